The van der Waals surface area contributed by atoms with Gasteiger partial charge in [-0.3, -0.25) is 4.79 Å². The van der Waals surface area contributed by atoms with Gasteiger partial charge in [0.2, 0.25) is 6.10 Å². The summed E-state index contributed by atoms with van der Waals surface area (Å²) in [5.74, 6) is -0.388. The SMILES string of the molecule is O=C(NC1(c2ccccc2)CC1)C1CC(Cc2ccc(F)cc2)=NO1. The van der Waals surface area contributed by atoms with Crippen molar-refractivity contribution in [2.75, 3.05) is 0 Å². The molecule has 128 valence electrons. The van der Waals surface area contributed by atoms with Gasteiger partial charge in [0.1, 0.15) is 5.82 Å². The van der Waals surface area contributed by atoms with E-state index in [0.717, 1.165) is 29.7 Å². The van der Waals surface area contributed by atoms with E-state index in [1.807, 2.05) is 30.3 Å². The number of carbonyl (C=O) groups excluding carboxylic acids is 1. The van der Waals surface area contributed by atoms with Crippen LogP contribution in [0.3, 0.4) is 0 Å². The highest BCUT2D eigenvalue weighted by atomic mass is 19.1. The van der Waals surface area contributed by atoms with Crippen molar-refractivity contribution in [2.45, 2.75) is 37.3 Å². The lowest BCUT2D eigenvalue weighted by Crippen LogP contribution is -2.41. The van der Waals surface area contributed by atoms with Crippen molar-refractivity contribution in [3.8, 4) is 0 Å². The van der Waals surface area contributed by atoms with Crippen LogP contribution in [-0.4, -0.2) is 17.7 Å². The standard InChI is InChI=1S/C20H19FN2O2/c21-16-8-6-14(7-9-16)12-17-13-18(25-23-17)19(24)22-20(10-11-20)15-4-2-1-3-5-15/h1-9,18H,10-13H2,(H,22,24). The van der Waals surface area contributed by atoms with Crippen LogP contribution >= 0.6 is 0 Å². The summed E-state index contributed by atoms with van der Waals surface area (Å²) < 4.78 is 13.0. The van der Waals surface area contributed by atoms with E-state index in [2.05, 4.69) is 10.5 Å². The molecule has 2 aliphatic rings. The summed E-state index contributed by atoms with van der Waals surface area (Å²) in [5, 5.41) is 7.17. The first kappa shape index (κ1) is 15.8. The molecule has 25 heavy (non-hydrogen) atoms. The van der Waals surface area contributed by atoms with Gasteiger partial charge in [0.25, 0.3) is 5.91 Å². The normalized spacial score (nSPS) is 20.5. The molecule has 2 aromatic carbocycles. The monoisotopic (exact) mass is 338 g/mol. The molecule has 1 aliphatic heterocycles. The second-order valence-electron chi connectivity index (χ2n) is 6.70. The maximum Gasteiger partial charge on any atom is 0.265 e. The van der Waals surface area contributed by atoms with E-state index in [1.54, 1.807) is 12.1 Å². The van der Waals surface area contributed by atoms with Crippen LogP contribution in [0.15, 0.2) is 59.8 Å². The molecule has 0 bridgehead atoms. The van der Waals surface area contributed by atoms with Crippen molar-refractivity contribution in [2.24, 2.45) is 5.16 Å². The fourth-order valence-electron chi connectivity index (χ4n) is 3.19. The second-order valence-corrected chi connectivity index (χ2v) is 6.70. The molecule has 4 rings (SSSR count). The molecule has 0 spiro atoms. The first-order valence-electron chi connectivity index (χ1n) is 8.48. The minimum atomic E-state index is -0.586. The van der Waals surface area contributed by atoms with E-state index in [4.69, 9.17) is 4.84 Å². The van der Waals surface area contributed by atoms with Gasteiger partial charge in [0.15, 0.2) is 0 Å². The minimum Gasteiger partial charge on any atom is -0.382 e. The first-order chi connectivity index (χ1) is 12.1. The van der Waals surface area contributed by atoms with Crippen molar-refractivity contribution in [3.63, 3.8) is 0 Å². The quantitative estimate of drug-likeness (QED) is 0.909. The third-order valence-corrected chi connectivity index (χ3v) is 4.78. The highest BCUT2D eigenvalue weighted by Gasteiger charge is 2.47. The molecule has 0 radical (unpaired) electrons. The Morgan fingerprint density at radius 2 is 1.88 bits per heavy atom. The van der Waals surface area contributed by atoms with Crippen LogP contribution in [0.4, 0.5) is 4.39 Å². The zero-order chi connectivity index (χ0) is 17.3. The molecular formula is C20H19FN2O2. The molecule has 1 heterocycles. The lowest BCUT2D eigenvalue weighted by molar-refractivity contribution is -0.132. The molecule has 0 saturated heterocycles. The number of hydrogen-bond acceptors (Lipinski definition) is 3. The van der Waals surface area contributed by atoms with Gasteiger partial charge in [-0.05, 0) is 36.1 Å². The third kappa shape index (κ3) is 3.40. The molecule has 4 nitrogen and oxygen atoms in total. The largest absolute Gasteiger partial charge is 0.382 e. The minimum absolute atomic E-state index is 0.126. The van der Waals surface area contributed by atoms with Gasteiger partial charge >= 0.3 is 0 Å². The Morgan fingerprint density at radius 3 is 2.56 bits per heavy atom. The predicted molar refractivity (Wildman–Crippen MR) is 92.5 cm³/mol. The lowest BCUT2D eigenvalue weighted by Gasteiger charge is -2.19. The molecule has 2 aromatic rings. The van der Waals surface area contributed by atoms with E-state index >= 15 is 0 Å². The summed E-state index contributed by atoms with van der Waals surface area (Å²) in [6.07, 6.45) is 2.33. The van der Waals surface area contributed by atoms with Crippen molar-refractivity contribution in [1.82, 2.24) is 5.32 Å². The predicted octanol–water partition coefficient (Wildman–Crippen LogP) is 3.32. The fourth-order valence-corrected chi connectivity index (χ4v) is 3.19. The zero-order valence-electron chi connectivity index (χ0n) is 13.7. The van der Waals surface area contributed by atoms with Gasteiger partial charge in [-0.15, -0.1) is 0 Å². The maximum absolute atomic E-state index is 13.0. The highest BCUT2D eigenvalue weighted by Crippen LogP contribution is 2.45. The van der Waals surface area contributed by atoms with Crippen LogP contribution in [0.5, 0.6) is 0 Å². The molecule has 1 unspecified atom stereocenters. The summed E-state index contributed by atoms with van der Waals surface area (Å²) in [4.78, 5) is 17.9. The Morgan fingerprint density at radius 1 is 1.16 bits per heavy atom. The molecule has 1 aliphatic carbocycles. The molecule has 5 heteroatoms. The topological polar surface area (TPSA) is 50.7 Å². The number of oxime groups is 1. The number of rotatable bonds is 5. The van der Waals surface area contributed by atoms with Crippen molar-refractivity contribution in [1.29, 1.82) is 0 Å². The van der Waals surface area contributed by atoms with E-state index in [9.17, 15) is 9.18 Å². The van der Waals surface area contributed by atoms with Crippen LogP contribution in [0.1, 0.15) is 30.4 Å². The maximum atomic E-state index is 13.0. The first-order valence-corrected chi connectivity index (χ1v) is 8.48. The number of carbonyl (C=O) groups is 1. The molecule has 1 atom stereocenters. The number of hydrogen-bond donors (Lipinski definition) is 1. The van der Waals surface area contributed by atoms with Gasteiger partial charge in [0, 0.05) is 12.8 Å². The summed E-state index contributed by atoms with van der Waals surface area (Å²) in [6.45, 7) is 0. The molecule has 1 saturated carbocycles. The average Bonchev–Trinajstić information content (AvgIpc) is 3.26. The van der Waals surface area contributed by atoms with Crippen LogP contribution in [0, 0.1) is 5.82 Å². The molecular weight excluding hydrogens is 319 g/mol. The Bertz CT molecular complexity index is 798. The Balaban J connectivity index is 1.35. The molecule has 1 fully saturated rings. The van der Waals surface area contributed by atoms with Crippen molar-refractivity contribution >= 4 is 11.6 Å². The fraction of sp³-hybridized carbons (Fsp3) is 0.300. The Kier molecular flexibility index (Phi) is 3.99. The van der Waals surface area contributed by atoms with Crippen LogP contribution in [0.25, 0.3) is 0 Å². The number of amides is 1. The van der Waals surface area contributed by atoms with Gasteiger partial charge in [-0.1, -0.05) is 47.6 Å². The van der Waals surface area contributed by atoms with E-state index in [-0.39, 0.29) is 17.3 Å². The third-order valence-electron chi connectivity index (χ3n) is 4.78. The molecule has 0 aromatic heterocycles. The van der Waals surface area contributed by atoms with E-state index in [0.29, 0.717) is 12.8 Å². The second kappa shape index (κ2) is 6.31. The summed E-state index contributed by atoms with van der Waals surface area (Å²) >= 11 is 0. The van der Waals surface area contributed by atoms with Crippen molar-refractivity contribution in [3.05, 3.63) is 71.5 Å². The summed E-state index contributed by atoms with van der Waals surface area (Å²) in [5.41, 5.74) is 2.64. The van der Waals surface area contributed by atoms with Crippen LogP contribution < -0.4 is 5.32 Å². The number of nitrogens with zero attached hydrogens (tertiary/aromatic N) is 1. The smallest absolute Gasteiger partial charge is 0.265 e. The average molecular weight is 338 g/mol. The highest BCUT2D eigenvalue weighted by molar-refractivity contribution is 5.94. The van der Waals surface area contributed by atoms with E-state index < -0.39 is 6.10 Å². The summed E-state index contributed by atoms with van der Waals surface area (Å²) in [7, 11) is 0. The number of nitrogens with one attached hydrogen (secondary N) is 1. The molecule has 1 amide bonds. The van der Waals surface area contributed by atoms with E-state index in [1.165, 1.54) is 12.1 Å². The van der Waals surface area contributed by atoms with Gasteiger partial charge < -0.3 is 10.2 Å². The van der Waals surface area contributed by atoms with Gasteiger partial charge in [0.05, 0.1) is 11.3 Å². The lowest BCUT2D eigenvalue weighted by atomic mass is 10.0. The van der Waals surface area contributed by atoms with Crippen LogP contribution in [-0.2, 0) is 21.6 Å². The van der Waals surface area contributed by atoms with Gasteiger partial charge in [-0.2, -0.15) is 0 Å². The molecule has 1 N–H and O–H groups in total. The number of benzene rings is 2. The summed E-state index contributed by atoms with van der Waals surface area (Å²) in [6, 6.07) is 16.3. The zero-order valence-corrected chi connectivity index (χ0v) is 13.7. The van der Waals surface area contributed by atoms with Crippen molar-refractivity contribution < 1.29 is 14.0 Å². The van der Waals surface area contributed by atoms with Gasteiger partial charge in [-0.25, -0.2) is 4.39 Å². The number of halogens is 1. The Hall–Kier alpha value is -2.69. The van der Waals surface area contributed by atoms with Crippen LogP contribution in [0.2, 0.25) is 0 Å². The Labute approximate surface area is 145 Å².